The Bertz CT molecular complexity index is 659. The maximum absolute atomic E-state index is 11.8. The third-order valence-corrected chi connectivity index (χ3v) is 3.21. The molecule has 0 aromatic heterocycles. The van der Waals surface area contributed by atoms with E-state index in [2.05, 4.69) is 5.32 Å². The van der Waals surface area contributed by atoms with E-state index in [0.29, 0.717) is 18.5 Å². The van der Waals surface area contributed by atoms with Gasteiger partial charge in [-0.1, -0.05) is 41.9 Å². The number of carbonyl (C=O) groups excluding carboxylic acids is 1. The summed E-state index contributed by atoms with van der Waals surface area (Å²) in [4.78, 5) is 21.9. The van der Waals surface area contributed by atoms with Crippen LogP contribution in [-0.2, 0) is 11.2 Å². The number of benzene rings is 2. The number of rotatable bonds is 5. The molecule has 108 valence electrons. The van der Waals surface area contributed by atoms with Gasteiger partial charge in [0.15, 0.2) is 0 Å². The molecular formula is C15H13ClN2O3. The zero-order valence-corrected chi connectivity index (χ0v) is 11.8. The maximum Gasteiger partial charge on any atom is 0.288 e. The molecule has 0 saturated carbocycles. The van der Waals surface area contributed by atoms with Crippen molar-refractivity contribution in [3.63, 3.8) is 0 Å². The van der Waals surface area contributed by atoms with Crippen molar-refractivity contribution in [1.82, 2.24) is 0 Å². The summed E-state index contributed by atoms with van der Waals surface area (Å²) in [5, 5.41) is 13.3. The van der Waals surface area contributed by atoms with Crippen LogP contribution in [-0.4, -0.2) is 10.8 Å². The normalized spacial score (nSPS) is 10.1. The van der Waals surface area contributed by atoms with Gasteiger partial charge in [-0.2, -0.15) is 0 Å². The number of aryl methyl sites for hydroxylation is 1. The summed E-state index contributed by atoms with van der Waals surface area (Å²) < 4.78 is 0. The fourth-order valence-corrected chi connectivity index (χ4v) is 2.11. The number of nitro groups is 1. The Balaban J connectivity index is 1.94. The van der Waals surface area contributed by atoms with Crippen LogP contribution in [0.5, 0.6) is 0 Å². The van der Waals surface area contributed by atoms with E-state index in [4.69, 9.17) is 11.6 Å². The number of nitrogens with one attached hydrogen (secondary N) is 1. The van der Waals surface area contributed by atoms with Crippen LogP contribution in [0, 0.1) is 10.1 Å². The largest absolute Gasteiger partial charge is 0.326 e. The number of nitrogens with zero attached hydrogens (tertiary/aromatic N) is 1. The number of anilines is 1. The fourth-order valence-electron chi connectivity index (χ4n) is 1.86. The van der Waals surface area contributed by atoms with E-state index in [1.807, 2.05) is 30.3 Å². The number of hydrogen-bond acceptors (Lipinski definition) is 3. The molecule has 0 aliphatic rings. The summed E-state index contributed by atoms with van der Waals surface area (Å²) in [6.45, 7) is 0. The number of halogens is 1. The van der Waals surface area contributed by atoms with Gasteiger partial charge in [-0.3, -0.25) is 14.9 Å². The van der Waals surface area contributed by atoms with Gasteiger partial charge in [-0.05, 0) is 24.1 Å². The smallest absolute Gasteiger partial charge is 0.288 e. The molecule has 2 aromatic carbocycles. The van der Waals surface area contributed by atoms with E-state index >= 15 is 0 Å². The van der Waals surface area contributed by atoms with Gasteiger partial charge in [0.25, 0.3) is 5.69 Å². The molecule has 2 aromatic rings. The zero-order valence-electron chi connectivity index (χ0n) is 11.1. The molecule has 0 bridgehead atoms. The number of carbonyl (C=O) groups is 1. The predicted molar refractivity (Wildman–Crippen MR) is 81.5 cm³/mol. The first-order valence-electron chi connectivity index (χ1n) is 6.34. The molecule has 1 amide bonds. The summed E-state index contributed by atoms with van der Waals surface area (Å²) in [5.41, 5.74) is 1.34. The van der Waals surface area contributed by atoms with E-state index in [1.165, 1.54) is 18.2 Å². The van der Waals surface area contributed by atoms with E-state index < -0.39 is 4.92 Å². The molecule has 1 N–H and O–H groups in total. The topological polar surface area (TPSA) is 72.2 Å². The molecule has 0 unspecified atom stereocenters. The molecular weight excluding hydrogens is 292 g/mol. The molecule has 21 heavy (non-hydrogen) atoms. The first-order valence-corrected chi connectivity index (χ1v) is 6.72. The SMILES string of the molecule is O=C(CCc1ccccc1)Nc1ccc([N+](=O)[O-])c(Cl)c1. The second-order valence-electron chi connectivity index (χ2n) is 4.46. The van der Waals surface area contributed by atoms with Gasteiger partial charge in [-0.25, -0.2) is 0 Å². The van der Waals surface area contributed by atoms with Crippen molar-refractivity contribution in [2.75, 3.05) is 5.32 Å². The molecule has 0 saturated heterocycles. The fraction of sp³-hybridized carbons (Fsp3) is 0.133. The van der Waals surface area contributed by atoms with Gasteiger partial charge >= 0.3 is 0 Å². The van der Waals surface area contributed by atoms with Crippen molar-refractivity contribution in [3.8, 4) is 0 Å². The lowest BCUT2D eigenvalue weighted by Crippen LogP contribution is -2.12. The summed E-state index contributed by atoms with van der Waals surface area (Å²) >= 11 is 5.79. The van der Waals surface area contributed by atoms with Gasteiger partial charge in [0.2, 0.25) is 5.91 Å². The van der Waals surface area contributed by atoms with Crippen molar-refractivity contribution in [2.45, 2.75) is 12.8 Å². The molecule has 0 radical (unpaired) electrons. The standard InChI is InChI=1S/C15H13ClN2O3/c16-13-10-12(7-8-14(13)18(20)21)17-15(19)9-6-11-4-2-1-3-5-11/h1-5,7-8,10H,6,9H2,(H,17,19). The molecule has 0 atom stereocenters. The lowest BCUT2D eigenvalue weighted by molar-refractivity contribution is -0.384. The number of nitro benzene ring substituents is 1. The summed E-state index contributed by atoms with van der Waals surface area (Å²) in [7, 11) is 0. The third-order valence-electron chi connectivity index (χ3n) is 2.91. The van der Waals surface area contributed by atoms with Crippen LogP contribution in [0.1, 0.15) is 12.0 Å². The highest BCUT2D eigenvalue weighted by molar-refractivity contribution is 6.33. The third kappa shape index (κ3) is 4.29. The summed E-state index contributed by atoms with van der Waals surface area (Å²) in [5.74, 6) is -0.163. The van der Waals surface area contributed by atoms with Crippen molar-refractivity contribution in [2.24, 2.45) is 0 Å². The highest BCUT2D eigenvalue weighted by Crippen LogP contribution is 2.27. The Morgan fingerprint density at radius 3 is 2.52 bits per heavy atom. The number of amides is 1. The lowest BCUT2D eigenvalue weighted by atomic mass is 10.1. The van der Waals surface area contributed by atoms with Gasteiger partial charge in [-0.15, -0.1) is 0 Å². The Morgan fingerprint density at radius 2 is 1.90 bits per heavy atom. The minimum atomic E-state index is -0.566. The van der Waals surface area contributed by atoms with Crippen LogP contribution >= 0.6 is 11.6 Å². The second-order valence-corrected chi connectivity index (χ2v) is 4.86. The average Bonchev–Trinajstić information content (AvgIpc) is 2.46. The summed E-state index contributed by atoms with van der Waals surface area (Å²) in [6.07, 6.45) is 0.964. The minimum Gasteiger partial charge on any atom is -0.326 e. The van der Waals surface area contributed by atoms with Crippen LogP contribution < -0.4 is 5.32 Å². The Hall–Kier alpha value is -2.40. The lowest BCUT2D eigenvalue weighted by Gasteiger charge is -2.06. The van der Waals surface area contributed by atoms with Gasteiger partial charge < -0.3 is 5.32 Å². The molecule has 0 aliphatic carbocycles. The van der Waals surface area contributed by atoms with Crippen LogP contribution in [0.15, 0.2) is 48.5 Å². The van der Waals surface area contributed by atoms with E-state index in [1.54, 1.807) is 0 Å². The van der Waals surface area contributed by atoms with Gasteiger partial charge in [0.05, 0.1) is 4.92 Å². The molecule has 5 nitrogen and oxygen atoms in total. The molecule has 0 fully saturated rings. The molecule has 0 aliphatic heterocycles. The Kier molecular flexibility index (Phi) is 4.90. The molecule has 6 heteroatoms. The van der Waals surface area contributed by atoms with Crippen LogP contribution in [0.25, 0.3) is 0 Å². The van der Waals surface area contributed by atoms with E-state index in [9.17, 15) is 14.9 Å². The first-order chi connectivity index (χ1) is 10.1. The highest BCUT2D eigenvalue weighted by atomic mass is 35.5. The van der Waals surface area contributed by atoms with Crippen molar-refractivity contribution in [3.05, 3.63) is 69.2 Å². The van der Waals surface area contributed by atoms with Crippen LogP contribution in [0.4, 0.5) is 11.4 Å². The second kappa shape index (κ2) is 6.85. The van der Waals surface area contributed by atoms with Crippen molar-refractivity contribution >= 4 is 28.9 Å². The monoisotopic (exact) mass is 304 g/mol. The van der Waals surface area contributed by atoms with Gasteiger partial charge in [0.1, 0.15) is 5.02 Å². The molecule has 0 heterocycles. The molecule has 0 spiro atoms. The van der Waals surface area contributed by atoms with Crippen molar-refractivity contribution < 1.29 is 9.72 Å². The van der Waals surface area contributed by atoms with Gasteiger partial charge in [0, 0.05) is 18.2 Å². The first kappa shape index (κ1) is 15.0. The zero-order chi connectivity index (χ0) is 15.2. The minimum absolute atomic E-state index is 0.000796. The number of hydrogen-bond donors (Lipinski definition) is 1. The Morgan fingerprint density at radius 1 is 1.19 bits per heavy atom. The highest BCUT2D eigenvalue weighted by Gasteiger charge is 2.13. The van der Waals surface area contributed by atoms with E-state index in [0.717, 1.165) is 5.56 Å². The molecule has 2 rings (SSSR count). The van der Waals surface area contributed by atoms with Crippen LogP contribution in [0.3, 0.4) is 0 Å². The van der Waals surface area contributed by atoms with Crippen molar-refractivity contribution in [1.29, 1.82) is 0 Å². The average molecular weight is 305 g/mol. The predicted octanol–water partition coefficient (Wildman–Crippen LogP) is 3.82. The maximum atomic E-state index is 11.8. The van der Waals surface area contributed by atoms with E-state index in [-0.39, 0.29) is 16.6 Å². The summed E-state index contributed by atoms with van der Waals surface area (Å²) in [6, 6.07) is 13.8. The quantitative estimate of drug-likeness (QED) is 0.674. The van der Waals surface area contributed by atoms with Crippen LogP contribution in [0.2, 0.25) is 5.02 Å². The Labute approximate surface area is 126 Å².